The Bertz CT molecular complexity index is 1110. The average molecular weight is 423 g/mol. The Morgan fingerprint density at radius 3 is 2.73 bits per heavy atom. The van der Waals surface area contributed by atoms with Crippen LogP contribution in [0.2, 0.25) is 0 Å². The molecule has 6 nitrogen and oxygen atoms in total. The Morgan fingerprint density at radius 1 is 1.27 bits per heavy atom. The van der Waals surface area contributed by atoms with Gasteiger partial charge in [0.1, 0.15) is 17.9 Å². The maximum absolute atomic E-state index is 12.0. The van der Waals surface area contributed by atoms with Crippen LogP contribution in [0.5, 0.6) is 5.75 Å². The van der Waals surface area contributed by atoms with Crippen LogP contribution >= 0.6 is 12.6 Å². The number of aromatic nitrogens is 2. The number of rotatable bonds is 7. The van der Waals surface area contributed by atoms with Crippen LogP contribution in [-0.4, -0.2) is 20.9 Å². The molecule has 2 heterocycles. The molecular weight excluding hydrogens is 396 g/mol. The summed E-state index contributed by atoms with van der Waals surface area (Å²) in [5.74, 6) is 0.535. The van der Waals surface area contributed by atoms with E-state index in [0.717, 1.165) is 33.5 Å². The van der Waals surface area contributed by atoms with Gasteiger partial charge in [-0.05, 0) is 37.6 Å². The average Bonchev–Trinajstić information content (AvgIpc) is 2.70. The molecule has 0 aliphatic rings. The van der Waals surface area contributed by atoms with Crippen LogP contribution < -0.4 is 10.1 Å². The number of ether oxygens (including phenoxy) is 1. The quantitative estimate of drug-likeness (QED) is 0.300. The van der Waals surface area contributed by atoms with E-state index >= 15 is 0 Å². The number of carbonyl (C=O) groups is 1. The van der Waals surface area contributed by atoms with Crippen LogP contribution in [-0.2, 0) is 17.9 Å². The van der Waals surface area contributed by atoms with Crippen molar-refractivity contribution in [2.45, 2.75) is 40.8 Å². The third kappa shape index (κ3) is 4.79. The minimum absolute atomic E-state index is 0.0133. The van der Waals surface area contributed by atoms with Crippen LogP contribution in [0.4, 0.5) is 0 Å². The molecule has 1 aromatic carbocycles. The van der Waals surface area contributed by atoms with Gasteiger partial charge in [0.2, 0.25) is 5.91 Å². The third-order valence-corrected chi connectivity index (χ3v) is 5.13. The monoisotopic (exact) mass is 422 g/mol. The zero-order chi connectivity index (χ0) is 21.8. The molecule has 0 spiro atoms. The topological polar surface area (TPSA) is 88.0 Å². The molecule has 156 valence electrons. The van der Waals surface area contributed by atoms with E-state index in [0.29, 0.717) is 24.4 Å². The number of carbonyl (C=O) groups excluding carboxylic acids is 1. The van der Waals surface area contributed by atoms with Gasteiger partial charge >= 0.3 is 0 Å². The largest absolute Gasteiger partial charge is 0.487 e. The number of pyridine rings is 2. The number of benzene rings is 1. The number of nitrogens with zero attached hydrogens (tertiary/aromatic N) is 2. The molecule has 0 unspecified atom stereocenters. The van der Waals surface area contributed by atoms with Crippen molar-refractivity contribution < 1.29 is 9.53 Å². The highest BCUT2D eigenvalue weighted by Crippen LogP contribution is 2.29. The van der Waals surface area contributed by atoms with E-state index in [1.807, 2.05) is 58.0 Å². The lowest BCUT2D eigenvalue weighted by atomic mass is 10.1. The molecule has 2 aromatic heterocycles. The molecule has 2 N–H and O–H groups in total. The molecule has 0 bridgehead atoms. The molecule has 0 radical (unpaired) electrons. The molecule has 30 heavy (non-hydrogen) atoms. The summed E-state index contributed by atoms with van der Waals surface area (Å²) in [5.41, 5.74) is 4.98. The predicted molar refractivity (Wildman–Crippen MR) is 122 cm³/mol. The van der Waals surface area contributed by atoms with E-state index in [4.69, 9.17) is 10.1 Å². The number of para-hydroxylation sites is 1. The Hall–Kier alpha value is -2.93. The Morgan fingerprint density at radius 2 is 2.03 bits per heavy atom. The second kappa shape index (κ2) is 9.26. The first-order valence-electron chi connectivity index (χ1n) is 9.80. The molecular formula is C23H26N4O2S. The summed E-state index contributed by atoms with van der Waals surface area (Å²) < 4.78 is 6.16. The van der Waals surface area contributed by atoms with E-state index in [-0.39, 0.29) is 16.9 Å². The number of amides is 1. The first-order chi connectivity index (χ1) is 14.3. The van der Waals surface area contributed by atoms with Crippen LogP contribution in [0.1, 0.15) is 41.9 Å². The molecule has 0 atom stereocenters. The zero-order valence-electron chi connectivity index (χ0n) is 17.6. The first kappa shape index (κ1) is 21.8. The van der Waals surface area contributed by atoms with E-state index in [2.05, 4.69) is 27.9 Å². The van der Waals surface area contributed by atoms with Gasteiger partial charge in [0.15, 0.2) is 0 Å². The van der Waals surface area contributed by atoms with Crippen molar-refractivity contribution in [2.24, 2.45) is 5.92 Å². The van der Waals surface area contributed by atoms with Gasteiger partial charge in [0.05, 0.1) is 17.3 Å². The van der Waals surface area contributed by atoms with E-state index < -0.39 is 0 Å². The van der Waals surface area contributed by atoms with Gasteiger partial charge in [0.25, 0.3) is 0 Å². The Labute approximate surface area is 182 Å². The summed E-state index contributed by atoms with van der Waals surface area (Å²) in [6.07, 6.45) is 1.74. The predicted octanol–water partition coefficient (Wildman–Crippen LogP) is 4.35. The van der Waals surface area contributed by atoms with Crippen molar-refractivity contribution >= 4 is 34.5 Å². The van der Waals surface area contributed by atoms with Crippen molar-refractivity contribution in [2.75, 3.05) is 0 Å². The van der Waals surface area contributed by atoms with Crippen molar-refractivity contribution in [3.63, 3.8) is 0 Å². The van der Waals surface area contributed by atoms with Crippen LogP contribution in [0.15, 0.2) is 36.5 Å². The fourth-order valence-electron chi connectivity index (χ4n) is 3.18. The number of nitrogens with one attached hydrogen (secondary N) is 2. The lowest BCUT2D eigenvalue weighted by Crippen LogP contribution is -2.28. The van der Waals surface area contributed by atoms with Gasteiger partial charge < -0.3 is 10.1 Å². The number of thiol groups is 1. The van der Waals surface area contributed by atoms with Gasteiger partial charge in [-0.15, -0.1) is 12.6 Å². The van der Waals surface area contributed by atoms with Crippen LogP contribution in [0.25, 0.3) is 10.9 Å². The van der Waals surface area contributed by atoms with Gasteiger partial charge in [-0.3, -0.25) is 15.2 Å². The van der Waals surface area contributed by atoms with Crippen LogP contribution in [0, 0.1) is 25.2 Å². The highest BCUT2D eigenvalue weighted by molar-refractivity contribution is 7.97. The van der Waals surface area contributed by atoms with Gasteiger partial charge in [-0.25, -0.2) is 4.98 Å². The number of hydrogen-bond acceptors (Lipinski definition) is 5. The molecule has 0 aliphatic carbocycles. The summed E-state index contributed by atoms with van der Waals surface area (Å²) >= 11 is 4.21. The van der Waals surface area contributed by atoms with Crippen LogP contribution in [0.3, 0.4) is 0 Å². The normalized spacial score (nSPS) is 11.0. The second-order valence-corrected chi connectivity index (χ2v) is 7.97. The molecule has 3 aromatic rings. The fourth-order valence-corrected chi connectivity index (χ4v) is 3.37. The highest BCUT2D eigenvalue weighted by Gasteiger charge is 2.14. The SMILES string of the molecule is Cc1cc(C(=N)S)c2cccc(OCc3c(C)ccnc3CNC(=O)C(C)C)c2n1. The van der Waals surface area contributed by atoms with Crippen molar-refractivity contribution in [1.29, 1.82) is 5.41 Å². The van der Waals surface area contributed by atoms with Crippen molar-refractivity contribution in [3.8, 4) is 5.75 Å². The van der Waals surface area contributed by atoms with E-state index in [1.165, 1.54) is 0 Å². The maximum atomic E-state index is 12.0. The minimum atomic E-state index is -0.0840. The third-order valence-electron chi connectivity index (χ3n) is 4.89. The molecule has 3 rings (SSSR count). The summed E-state index contributed by atoms with van der Waals surface area (Å²) in [6.45, 7) is 8.26. The fraction of sp³-hybridized carbons (Fsp3) is 0.304. The highest BCUT2D eigenvalue weighted by atomic mass is 32.1. The van der Waals surface area contributed by atoms with E-state index in [1.54, 1.807) is 6.20 Å². The Kier molecular flexibility index (Phi) is 6.72. The summed E-state index contributed by atoms with van der Waals surface area (Å²) in [5, 5.41) is 11.9. The van der Waals surface area contributed by atoms with Crippen molar-refractivity contribution in [1.82, 2.24) is 15.3 Å². The summed E-state index contributed by atoms with van der Waals surface area (Å²) in [6, 6.07) is 9.44. The molecule has 0 fully saturated rings. The van der Waals surface area contributed by atoms with Crippen molar-refractivity contribution in [3.05, 3.63) is 64.6 Å². The standard InChI is InChI=1S/C23H26N4O2S/c1-13(2)23(28)26-11-19-18(14(3)8-9-25-19)12-29-20-7-5-6-16-17(22(24)30)10-15(4)27-21(16)20/h5-10,13H,11-12H2,1-4H3,(H2,24,30)(H,26,28). The molecule has 0 saturated carbocycles. The Balaban J connectivity index is 1.90. The summed E-state index contributed by atoms with van der Waals surface area (Å²) in [4.78, 5) is 21.0. The minimum Gasteiger partial charge on any atom is -0.487 e. The van der Waals surface area contributed by atoms with Gasteiger partial charge in [-0.1, -0.05) is 26.0 Å². The van der Waals surface area contributed by atoms with Gasteiger partial charge in [-0.2, -0.15) is 0 Å². The second-order valence-electron chi connectivity index (χ2n) is 7.53. The number of aryl methyl sites for hydroxylation is 2. The first-order valence-corrected chi connectivity index (χ1v) is 10.2. The summed E-state index contributed by atoms with van der Waals surface area (Å²) in [7, 11) is 0. The molecule has 7 heteroatoms. The smallest absolute Gasteiger partial charge is 0.222 e. The maximum Gasteiger partial charge on any atom is 0.222 e. The lowest BCUT2D eigenvalue weighted by Gasteiger charge is -2.16. The van der Waals surface area contributed by atoms with Gasteiger partial charge in [0, 0.05) is 34.3 Å². The molecule has 0 aliphatic heterocycles. The lowest BCUT2D eigenvalue weighted by molar-refractivity contribution is -0.124. The molecule has 0 saturated heterocycles. The number of fused-ring (bicyclic) bond motifs is 1. The molecule has 1 amide bonds. The van der Waals surface area contributed by atoms with E-state index in [9.17, 15) is 4.79 Å². The number of hydrogen-bond donors (Lipinski definition) is 3. The zero-order valence-corrected chi connectivity index (χ0v) is 18.5.